The Kier molecular flexibility index (Phi) is 6.81. The van der Waals surface area contributed by atoms with Crippen LogP contribution in [-0.4, -0.2) is 35.3 Å². The number of aliphatic hydroxyl groups excluding tert-OH is 1. The third-order valence-electron chi connectivity index (χ3n) is 3.83. The van der Waals surface area contributed by atoms with Crippen molar-refractivity contribution in [3.8, 4) is 0 Å². The van der Waals surface area contributed by atoms with Crippen molar-refractivity contribution in [3.05, 3.63) is 15.6 Å². The first-order valence-corrected chi connectivity index (χ1v) is 8.58. The summed E-state index contributed by atoms with van der Waals surface area (Å²) in [5.41, 5.74) is 0.712. The highest BCUT2D eigenvalue weighted by molar-refractivity contribution is 7.11. The van der Waals surface area contributed by atoms with Crippen molar-refractivity contribution in [2.24, 2.45) is 11.3 Å². The zero-order chi connectivity index (χ0) is 16.9. The molecule has 1 heterocycles. The van der Waals surface area contributed by atoms with Crippen molar-refractivity contribution < 1.29 is 9.90 Å². The van der Waals surface area contributed by atoms with Crippen LogP contribution in [0, 0.1) is 25.2 Å². The van der Waals surface area contributed by atoms with E-state index in [0.717, 1.165) is 17.1 Å². The molecule has 0 fully saturated rings. The molecule has 2 amide bonds. The molecule has 5 nitrogen and oxygen atoms in total. The average molecular weight is 327 g/mol. The molecular formula is C16H29N3O2S. The van der Waals surface area contributed by atoms with Crippen molar-refractivity contribution in [2.45, 2.75) is 54.1 Å². The van der Waals surface area contributed by atoms with Crippen molar-refractivity contribution in [2.75, 3.05) is 13.1 Å². The summed E-state index contributed by atoms with van der Waals surface area (Å²) in [4.78, 5) is 17.5. The molecule has 1 aromatic heterocycles. The normalized spacial score (nSPS) is 13.3. The minimum absolute atomic E-state index is 0.163. The Morgan fingerprint density at radius 1 is 1.32 bits per heavy atom. The third-order valence-corrected chi connectivity index (χ3v) is 4.97. The van der Waals surface area contributed by atoms with Gasteiger partial charge in [-0.2, -0.15) is 0 Å². The van der Waals surface area contributed by atoms with Crippen LogP contribution in [-0.2, 0) is 6.42 Å². The number of aryl methyl sites for hydroxylation is 2. The van der Waals surface area contributed by atoms with Crippen molar-refractivity contribution in [1.29, 1.82) is 0 Å². The number of aliphatic hydroxyl groups is 1. The maximum absolute atomic E-state index is 11.8. The maximum atomic E-state index is 11.8. The highest BCUT2D eigenvalue weighted by Gasteiger charge is 2.30. The lowest BCUT2D eigenvalue weighted by atomic mass is 9.81. The van der Waals surface area contributed by atoms with Gasteiger partial charge in [0.1, 0.15) is 0 Å². The van der Waals surface area contributed by atoms with E-state index in [2.05, 4.69) is 22.5 Å². The molecule has 6 heteroatoms. The molecule has 1 atom stereocenters. The highest BCUT2D eigenvalue weighted by atomic mass is 32.1. The number of hydrogen-bond acceptors (Lipinski definition) is 4. The van der Waals surface area contributed by atoms with Crippen LogP contribution in [0.3, 0.4) is 0 Å². The summed E-state index contributed by atoms with van der Waals surface area (Å²) in [7, 11) is 0. The number of carbonyl (C=O) groups is 1. The average Bonchev–Trinajstić information content (AvgIpc) is 2.74. The molecule has 3 N–H and O–H groups in total. The van der Waals surface area contributed by atoms with Gasteiger partial charge in [0.2, 0.25) is 0 Å². The van der Waals surface area contributed by atoms with Gasteiger partial charge in [0, 0.05) is 29.8 Å². The van der Waals surface area contributed by atoms with E-state index in [-0.39, 0.29) is 17.4 Å². The number of rotatable bonds is 7. The van der Waals surface area contributed by atoms with Crippen LogP contribution in [0.5, 0.6) is 0 Å². The summed E-state index contributed by atoms with van der Waals surface area (Å²) in [6.45, 7) is 12.9. The van der Waals surface area contributed by atoms with Crippen LogP contribution >= 0.6 is 11.3 Å². The fourth-order valence-electron chi connectivity index (χ4n) is 2.31. The van der Waals surface area contributed by atoms with E-state index in [1.54, 1.807) is 11.3 Å². The number of hydrogen-bond donors (Lipinski definition) is 3. The van der Waals surface area contributed by atoms with Gasteiger partial charge in [-0.05, 0) is 19.8 Å². The lowest BCUT2D eigenvalue weighted by molar-refractivity contribution is 0.0151. The molecule has 0 aliphatic heterocycles. The monoisotopic (exact) mass is 327 g/mol. The first kappa shape index (κ1) is 18.9. The van der Waals surface area contributed by atoms with Gasteiger partial charge in [-0.15, -0.1) is 11.3 Å². The van der Waals surface area contributed by atoms with E-state index in [1.807, 2.05) is 34.6 Å². The van der Waals surface area contributed by atoms with Gasteiger partial charge in [0.05, 0.1) is 16.8 Å². The SMILES string of the molecule is Cc1nc(CCNC(=O)NCC(C)(C)C(O)C(C)C)sc1C. The van der Waals surface area contributed by atoms with E-state index >= 15 is 0 Å². The van der Waals surface area contributed by atoms with E-state index in [4.69, 9.17) is 0 Å². The summed E-state index contributed by atoms with van der Waals surface area (Å²) in [6.07, 6.45) is 0.291. The van der Waals surface area contributed by atoms with Crippen LogP contribution in [0.15, 0.2) is 0 Å². The topological polar surface area (TPSA) is 74.2 Å². The predicted molar refractivity (Wildman–Crippen MR) is 91.3 cm³/mol. The number of urea groups is 1. The molecule has 0 bridgehead atoms. The molecule has 0 aromatic carbocycles. The van der Waals surface area contributed by atoms with Gasteiger partial charge in [-0.3, -0.25) is 0 Å². The smallest absolute Gasteiger partial charge is 0.314 e. The van der Waals surface area contributed by atoms with Crippen molar-refractivity contribution in [3.63, 3.8) is 0 Å². The molecule has 0 spiro atoms. The predicted octanol–water partition coefficient (Wildman–Crippen LogP) is 2.64. The van der Waals surface area contributed by atoms with Crippen molar-refractivity contribution in [1.82, 2.24) is 15.6 Å². The van der Waals surface area contributed by atoms with Crippen LogP contribution < -0.4 is 10.6 Å². The van der Waals surface area contributed by atoms with Gasteiger partial charge in [-0.25, -0.2) is 9.78 Å². The summed E-state index contributed by atoms with van der Waals surface area (Å²) in [5, 5.41) is 16.9. The van der Waals surface area contributed by atoms with E-state index < -0.39 is 6.10 Å². The summed E-state index contributed by atoms with van der Waals surface area (Å²) < 4.78 is 0. The number of thiazole rings is 1. The number of nitrogens with zero attached hydrogens (tertiary/aromatic N) is 1. The molecule has 0 aliphatic rings. The molecule has 1 unspecified atom stereocenters. The van der Waals surface area contributed by atoms with Crippen molar-refractivity contribution >= 4 is 17.4 Å². The first-order valence-electron chi connectivity index (χ1n) is 7.76. The molecule has 0 radical (unpaired) electrons. The lowest BCUT2D eigenvalue weighted by Crippen LogP contribution is -2.46. The number of carbonyl (C=O) groups excluding carboxylic acids is 1. The summed E-state index contributed by atoms with van der Waals surface area (Å²) >= 11 is 1.67. The van der Waals surface area contributed by atoms with Crippen LogP contribution in [0.2, 0.25) is 0 Å². The fourth-order valence-corrected chi connectivity index (χ4v) is 3.24. The van der Waals surface area contributed by atoms with Gasteiger partial charge in [-0.1, -0.05) is 27.7 Å². The second-order valence-electron chi connectivity index (χ2n) is 6.79. The second kappa shape index (κ2) is 7.92. The molecule has 1 aromatic rings. The zero-order valence-corrected chi connectivity index (χ0v) is 15.3. The maximum Gasteiger partial charge on any atom is 0.314 e. The third kappa shape index (κ3) is 5.57. The molecular weight excluding hydrogens is 298 g/mol. The number of amides is 2. The standard InChI is InChI=1S/C16H29N3O2S/c1-10(2)14(20)16(5,6)9-18-15(21)17-8-7-13-19-11(3)12(4)22-13/h10,14,20H,7-9H2,1-6H3,(H2,17,18,21). The van der Waals surface area contributed by atoms with Gasteiger partial charge < -0.3 is 15.7 Å². The minimum atomic E-state index is -0.450. The molecule has 0 saturated heterocycles. The molecule has 22 heavy (non-hydrogen) atoms. The van der Waals surface area contributed by atoms with Gasteiger partial charge in [0.25, 0.3) is 0 Å². The molecule has 0 saturated carbocycles. The Bertz CT molecular complexity index is 478. The Morgan fingerprint density at radius 2 is 1.95 bits per heavy atom. The fraction of sp³-hybridized carbons (Fsp3) is 0.750. The Balaban J connectivity index is 2.32. The first-order chi connectivity index (χ1) is 10.1. The Labute approximate surface area is 137 Å². The number of nitrogens with one attached hydrogen (secondary N) is 2. The largest absolute Gasteiger partial charge is 0.392 e. The van der Waals surface area contributed by atoms with Gasteiger partial charge in [0.15, 0.2) is 0 Å². The zero-order valence-electron chi connectivity index (χ0n) is 14.5. The van der Waals surface area contributed by atoms with E-state index in [1.165, 1.54) is 4.88 Å². The minimum Gasteiger partial charge on any atom is -0.392 e. The van der Waals surface area contributed by atoms with Crippen LogP contribution in [0.25, 0.3) is 0 Å². The van der Waals surface area contributed by atoms with Crippen LogP contribution in [0.4, 0.5) is 4.79 Å². The summed E-state index contributed by atoms with van der Waals surface area (Å²) in [5.74, 6) is 0.163. The summed E-state index contributed by atoms with van der Waals surface area (Å²) in [6, 6.07) is -0.200. The Hall–Kier alpha value is -1.14. The Morgan fingerprint density at radius 3 is 2.45 bits per heavy atom. The molecule has 1 rings (SSSR count). The second-order valence-corrected chi connectivity index (χ2v) is 8.07. The quantitative estimate of drug-likeness (QED) is 0.721. The van der Waals surface area contributed by atoms with Crippen LogP contribution in [0.1, 0.15) is 43.3 Å². The lowest BCUT2D eigenvalue weighted by Gasteiger charge is -2.33. The molecule has 0 aliphatic carbocycles. The molecule has 126 valence electrons. The van der Waals surface area contributed by atoms with E-state index in [9.17, 15) is 9.90 Å². The van der Waals surface area contributed by atoms with E-state index in [0.29, 0.717) is 13.1 Å². The van der Waals surface area contributed by atoms with Gasteiger partial charge >= 0.3 is 6.03 Å². The number of aromatic nitrogens is 1. The highest BCUT2D eigenvalue weighted by Crippen LogP contribution is 2.24.